The molecule has 1 aromatic carbocycles. The number of rotatable bonds is 4. The molecule has 0 radical (unpaired) electrons. The van der Waals surface area contributed by atoms with Gasteiger partial charge < -0.3 is 10.2 Å². The average molecular weight is 255 g/mol. The summed E-state index contributed by atoms with van der Waals surface area (Å²) in [4.78, 5) is 13.2. The number of hydrogen-bond acceptors (Lipinski definition) is 2. The Morgan fingerprint density at radius 2 is 2.12 bits per heavy atom. The standard InChI is InChI=1S/C13H19ClN2O/c1-9-5-6-11(12(14)7-9)8-15-10(2)13(17)16(3)4/h5-7,10,15H,8H2,1-4H3. The zero-order valence-electron chi connectivity index (χ0n) is 10.7. The van der Waals surface area contributed by atoms with Crippen LogP contribution in [0.25, 0.3) is 0 Å². The highest BCUT2D eigenvalue weighted by atomic mass is 35.5. The number of carbonyl (C=O) groups excluding carboxylic acids is 1. The third kappa shape index (κ3) is 4.02. The van der Waals surface area contributed by atoms with Crippen LogP contribution in [0.15, 0.2) is 18.2 Å². The van der Waals surface area contributed by atoms with Crippen LogP contribution in [0.2, 0.25) is 5.02 Å². The second-order valence-corrected chi connectivity index (χ2v) is 4.84. The molecule has 1 aromatic rings. The first-order chi connectivity index (χ1) is 7.91. The second kappa shape index (κ2) is 6.03. The van der Waals surface area contributed by atoms with Crippen molar-refractivity contribution < 1.29 is 4.79 Å². The summed E-state index contributed by atoms with van der Waals surface area (Å²) in [7, 11) is 3.50. The van der Waals surface area contributed by atoms with E-state index in [9.17, 15) is 4.79 Å². The van der Waals surface area contributed by atoms with Crippen molar-refractivity contribution in [2.24, 2.45) is 0 Å². The average Bonchev–Trinajstić information content (AvgIpc) is 2.26. The van der Waals surface area contributed by atoms with Crippen LogP contribution in [0, 0.1) is 6.92 Å². The second-order valence-electron chi connectivity index (χ2n) is 4.43. The molecule has 0 aliphatic rings. The van der Waals surface area contributed by atoms with Gasteiger partial charge in [-0.05, 0) is 31.0 Å². The van der Waals surface area contributed by atoms with Gasteiger partial charge in [0.1, 0.15) is 0 Å². The van der Waals surface area contributed by atoms with Crippen LogP contribution in [0.4, 0.5) is 0 Å². The Morgan fingerprint density at radius 3 is 2.65 bits per heavy atom. The summed E-state index contributed by atoms with van der Waals surface area (Å²) in [5, 5.41) is 3.90. The topological polar surface area (TPSA) is 32.3 Å². The van der Waals surface area contributed by atoms with E-state index in [-0.39, 0.29) is 11.9 Å². The number of aryl methyl sites for hydroxylation is 1. The monoisotopic (exact) mass is 254 g/mol. The fraction of sp³-hybridized carbons (Fsp3) is 0.462. The van der Waals surface area contributed by atoms with E-state index in [0.29, 0.717) is 6.54 Å². The summed E-state index contributed by atoms with van der Waals surface area (Å²) in [6.07, 6.45) is 0. The lowest BCUT2D eigenvalue weighted by molar-refractivity contribution is -0.130. The molecule has 0 saturated heterocycles. The number of nitrogens with zero attached hydrogens (tertiary/aromatic N) is 1. The minimum atomic E-state index is -0.206. The van der Waals surface area contributed by atoms with Crippen LogP contribution in [0.5, 0.6) is 0 Å². The van der Waals surface area contributed by atoms with Crippen LogP contribution >= 0.6 is 11.6 Å². The van der Waals surface area contributed by atoms with Crippen LogP contribution in [-0.2, 0) is 11.3 Å². The van der Waals surface area contributed by atoms with E-state index in [1.54, 1.807) is 19.0 Å². The zero-order chi connectivity index (χ0) is 13.0. The maximum absolute atomic E-state index is 11.6. The molecule has 0 saturated carbocycles. The van der Waals surface area contributed by atoms with Crippen molar-refractivity contribution in [3.05, 3.63) is 34.3 Å². The van der Waals surface area contributed by atoms with E-state index in [4.69, 9.17) is 11.6 Å². The molecule has 1 rings (SSSR count). The Hall–Kier alpha value is -1.06. The summed E-state index contributed by atoms with van der Waals surface area (Å²) in [6.45, 7) is 4.45. The third-order valence-corrected chi connectivity index (χ3v) is 2.97. The molecule has 0 aliphatic carbocycles. The lowest BCUT2D eigenvalue weighted by Crippen LogP contribution is -2.41. The van der Waals surface area contributed by atoms with Crippen molar-refractivity contribution in [1.29, 1.82) is 0 Å². The van der Waals surface area contributed by atoms with Crippen molar-refractivity contribution in [1.82, 2.24) is 10.2 Å². The Morgan fingerprint density at radius 1 is 1.47 bits per heavy atom. The quantitative estimate of drug-likeness (QED) is 0.894. The Labute approximate surface area is 108 Å². The van der Waals surface area contributed by atoms with Gasteiger partial charge in [-0.3, -0.25) is 4.79 Å². The van der Waals surface area contributed by atoms with E-state index in [2.05, 4.69) is 5.32 Å². The van der Waals surface area contributed by atoms with E-state index in [1.807, 2.05) is 32.0 Å². The fourth-order valence-corrected chi connectivity index (χ4v) is 1.84. The highest BCUT2D eigenvalue weighted by Crippen LogP contribution is 2.17. The molecular weight excluding hydrogens is 236 g/mol. The molecule has 0 spiro atoms. The van der Waals surface area contributed by atoms with Gasteiger partial charge in [0.25, 0.3) is 0 Å². The normalized spacial score (nSPS) is 12.3. The number of amides is 1. The van der Waals surface area contributed by atoms with Gasteiger partial charge in [-0.2, -0.15) is 0 Å². The van der Waals surface area contributed by atoms with Gasteiger partial charge >= 0.3 is 0 Å². The number of hydrogen-bond donors (Lipinski definition) is 1. The van der Waals surface area contributed by atoms with E-state index in [1.165, 1.54) is 0 Å². The van der Waals surface area contributed by atoms with Gasteiger partial charge in [0.05, 0.1) is 6.04 Å². The van der Waals surface area contributed by atoms with Gasteiger partial charge in [-0.15, -0.1) is 0 Å². The van der Waals surface area contributed by atoms with E-state index < -0.39 is 0 Å². The zero-order valence-corrected chi connectivity index (χ0v) is 11.5. The van der Waals surface area contributed by atoms with Gasteiger partial charge in [0, 0.05) is 25.7 Å². The number of likely N-dealkylation sites (N-methyl/N-ethyl adjacent to an activating group) is 1. The van der Waals surface area contributed by atoms with Crippen LogP contribution in [-0.4, -0.2) is 30.9 Å². The minimum absolute atomic E-state index is 0.0632. The molecule has 1 unspecified atom stereocenters. The van der Waals surface area contributed by atoms with Crippen molar-refractivity contribution in [3.8, 4) is 0 Å². The molecule has 1 atom stereocenters. The maximum atomic E-state index is 11.6. The van der Waals surface area contributed by atoms with Gasteiger partial charge in [-0.1, -0.05) is 23.7 Å². The third-order valence-electron chi connectivity index (χ3n) is 2.62. The number of benzene rings is 1. The smallest absolute Gasteiger partial charge is 0.238 e. The van der Waals surface area contributed by atoms with Crippen molar-refractivity contribution >= 4 is 17.5 Å². The van der Waals surface area contributed by atoms with Crippen LogP contribution < -0.4 is 5.32 Å². The highest BCUT2D eigenvalue weighted by Gasteiger charge is 2.14. The highest BCUT2D eigenvalue weighted by molar-refractivity contribution is 6.31. The van der Waals surface area contributed by atoms with Crippen molar-refractivity contribution in [2.45, 2.75) is 26.4 Å². The lowest BCUT2D eigenvalue weighted by Gasteiger charge is -2.18. The van der Waals surface area contributed by atoms with Gasteiger partial charge in [0.2, 0.25) is 5.91 Å². The molecule has 0 aliphatic heterocycles. The van der Waals surface area contributed by atoms with Gasteiger partial charge in [-0.25, -0.2) is 0 Å². The minimum Gasteiger partial charge on any atom is -0.347 e. The fourth-order valence-electron chi connectivity index (χ4n) is 1.53. The predicted octanol–water partition coefficient (Wildman–Crippen LogP) is 2.21. The molecule has 0 fully saturated rings. The Kier molecular flexibility index (Phi) is 4.97. The molecule has 94 valence electrons. The molecule has 0 bridgehead atoms. The van der Waals surface area contributed by atoms with Crippen LogP contribution in [0.1, 0.15) is 18.1 Å². The number of nitrogens with one attached hydrogen (secondary N) is 1. The number of carbonyl (C=O) groups is 1. The molecular formula is C13H19ClN2O. The van der Waals surface area contributed by atoms with Crippen LogP contribution in [0.3, 0.4) is 0 Å². The lowest BCUT2D eigenvalue weighted by atomic mass is 10.1. The molecule has 4 heteroatoms. The number of halogens is 1. The SMILES string of the molecule is Cc1ccc(CNC(C)C(=O)N(C)C)c(Cl)c1. The predicted molar refractivity (Wildman–Crippen MR) is 71.2 cm³/mol. The van der Waals surface area contributed by atoms with Crippen molar-refractivity contribution in [3.63, 3.8) is 0 Å². The van der Waals surface area contributed by atoms with Crippen molar-refractivity contribution in [2.75, 3.05) is 14.1 Å². The summed E-state index contributed by atoms with van der Waals surface area (Å²) < 4.78 is 0. The van der Waals surface area contributed by atoms with E-state index in [0.717, 1.165) is 16.1 Å². The molecule has 17 heavy (non-hydrogen) atoms. The summed E-state index contributed by atoms with van der Waals surface area (Å²) >= 11 is 6.12. The van der Waals surface area contributed by atoms with Gasteiger partial charge in [0.15, 0.2) is 0 Å². The molecule has 1 amide bonds. The first kappa shape index (κ1) is 14.0. The maximum Gasteiger partial charge on any atom is 0.238 e. The largest absolute Gasteiger partial charge is 0.347 e. The first-order valence-electron chi connectivity index (χ1n) is 5.61. The molecule has 1 N–H and O–H groups in total. The molecule has 0 heterocycles. The summed E-state index contributed by atoms with van der Waals surface area (Å²) in [6, 6.07) is 5.72. The van der Waals surface area contributed by atoms with E-state index >= 15 is 0 Å². The summed E-state index contributed by atoms with van der Waals surface area (Å²) in [5.74, 6) is 0.0632. The Balaban J connectivity index is 2.59. The first-order valence-corrected chi connectivity index (χ1v) is 5.99. The Bertz CT molecular complexity index is 404. The summed E-state index contributed by atoms with van der Waals surface area (Å²) in [5.41, 5.74) is 2.15. The molecule has 0 aromatic heterocycles. The molecule has 3 nitrogen and oxygen atoms in total.